The maximum absolute atomic E-state index is 12.2. The summed E-state index contributed by atoms with van der Waals surface area (Å²) in [5, 5.41) is 12.3. The van der Waals surface area contributed by atoms with E-state index in [0.29, 0.717) is 13.1 Å². The van der Waals surface area contributed by atoms with Crippen LogP contribution in [0.25, 0.3) is 0 Å². The second-order valence-electron chi connectivity index (χ2n) is 6.57. The fraction of sp³-hybridized carbons (Fsp3) is 0.632. The number of rotatable bonds is 7. The van der Waals surface area contributed by atoms with Gasteiger partial charge in [0.2, 0.25) is 0 Å². The third-order valence-corrected chi connectivity index (χ3v) is 4.83. The van der Waals surface area contributed by atoms with Crippen LogP contribution in [0.1, 0.15) is 37.8 Å². The van der Waals surface area contributed by atoms with E-state index in [1.54, 1.807) is 0 Å². The highest BCUT2D eigenvalue weighted by molar-refractivity contribution is 5.74. The van der Waals surface area contributed by atoms with Gasteiger partial charge in [0.15, 0.2) is 0 Å². The van der Waals surface area contributed by atoms with Gasteiger partial charge in [-0.3, -0.25) is 4.90 Å². The highest BCUT2D eigenvalue weighted by atomic mass is 16.3. The molecule has 1 saturated heterocycles. The van der Waals surface area contributed by atoms with E-state index in [2.05, 4.69) is 48.3 Å². The van der Waals surface area contributed by atoms with Gasteiger partial charge < -0.3 is 15.3 Å². The van der Waals surface area contributed by atoms with Crippen LogP contribution >= 0.6 is 0 Å². The second-order valence-corrected chi connectivity index (χ2v) is 6.57. The summed E-state index contributed by atoms with van der Waals surface area (Å²) in [6.45, 7) is 9.58. The number of nitrogens with one attached hydrogen (secondary N) is 1. The molecule has 0 aliphatic carbocycles. The number of amides is 2. The zero-order valence-electron chi connectivity index (χ0n) is 15.0. The lowest BCUT2D eigenvalue weighted by Crippen LogP contribution is -2.45. The molecule has 1 aromatic carbocycles. The Kier molecular flexibility index (Phi) is 7.53. The average Bonchev–Trinajstić information content (AvgIpc) is 2.65. The van der Waals surface area contributed by atoms with Crippen molar-refractivity contribution in [2.45, 2.75) is 39.8 Å². The topological polar surface area (TPSA) is 55.8 Å². The Morgan fingerprint density at radius 2 is 1.92 bits per heavy atom. The molecule has 5 heteroatoms. The van der Waals surface area contributed by atoms with Crippen molar-refractivity contribution in [1.29, 1.82) is 0 Å². The fourth-order valence-electron chi connectivity index (χ4n) is 3.16. The minimum atomic E-state index is -0.0274. The van der Waals surface area contributed by atoms with E-state index in [1.165, 1.54) is 5.56 Å². The smallest absolute Gasteiger partial charge is 0.317 e. The van der Waals surface area contributed by atoms with Crippen molar-refractivity contribution >= 4 is 6.03 Å². The first-order valence-electron chi connectivity index (χ1n) is 9.10. The lowest BCUT2D eigenvalue weighted by atomic mass is 9.99. The number of hydrogen-bond acceptors (Lipinski definition) is 3. The van der Waals surface area contributed by atoms with Crippen LogP contribution in [0, 0.1) is 5.92 Å². The van der Waals surface area contributed by atoms with E-state index in [0.717, 1.165) is 44.6 Å². The lowest BCUT2D eigenvalue weighted by Gasteiger charge is -2.31. The van der Waals surface area contributed by atoms with E-state index in [9.17, 15) is 9.90 Å². The molecule has 1 atom stereocenters. The van der Waals surface area contributed by atoms with Crippen molar-refractivity contribution in [3.63, 3.8) is 0 Å². The number of aliphatic hydroxyl groups excluding tert-OH is 1. The molecule has 2 amide bonds. The summed E-state index contributed by atoms with van der Waals surface area (Å²) in [4.78, 5) is 16.4. The molecular weight excluding hydrogens is 302 g/mol. The number of carbonyl (C=O) groups is 1. The third kappa shape index (κ3) is 5.49. The minimum absolute atomic E-state index is 0.0274. The maximum atomic E-state index is 12.2. The molecule has 1 aromatic rings. The number of nitrogens with zero attached hydrogens (tertiary/aromatic N) is 2. The molecule has 1 fully saturated rings. The first kappa shape index (κ1) is 18.7. The zero-order chi connectivity index (χ0) is 17.4. The first-order valence-corrected chi connectivity index (χ1v) is 9.10. The lowest BCUT2D eigenvalue weighted by molar-refractivity contribution is 0.129. The van der Waals surface area contributed by atoms with Gasteiger partial charge in [-0.05, 0) is 43.0 Å². The normalized spacial score (nSPS) is 18.0. The highest BCUT2D eigenvalue weighted by Crippen LogP contribution is 2.16. The van der Waals surface area contributed by atoms with Crippen molar-refractivity contribution < 1.29 is 9.90 Å². The van der Waals surface area contributed by atoms with Crippen molar-refractivity contribution in [2.24, 2.45) is 5.92 Å². The van der Waals surface area contributed by atoms with Crippen molar-refractivity contribution in [2.75, 3.05) is 32.8 Å². The molecule has 1 aliphatic rings. The van der Waals surface area contributed by atoms with Crippen LogP contribution < -0.4 is 5.32 Å². The number of benzene rings is 1. The van der Waals surface area contributed by atoms with E-state index >= 15 is 0 Å². The van der Waals surface area contributed by atoms with Crippen LogP contribution in [0.5, 0.6) is 0 Å². The van der Waals surface area contributed by atoms with Crippen LogP contribution in [0.3, 0.4) is 0 Å². The molecule has 1 heterocycles. The molecular formula is C19H31N3O2. The Morgan fingerprint density at radius 1 is 1.25 bits per heavy atom. The van der Waals surface area contributed by atoms with Gasteiger partial charge in [-0.15, -0.1) is 0 Å². The molecule has 5 nitrogen and oxygen atoms in total. The predicted molar refractivity (Wildman–Crippen MR) is 96.7 cm³/mol. The number of hydrogen-bond donors (Lipinski definition) is 2. The van der Waals surface area contributed by atoms with E-state index in [1.807, 2.05) is 4.90 Å². The van der Waals surface area contributed by atoms with E-state index in [-0.39, 0.29) is 18.6 Å². The summed E-state index contributed by atoms with van der Waals surface area (Å²) in [6, 6.07) is 8.43. The molecule has 2 N–H and O–H groups in total. The van der Waals surface area contributed by atoms with Gasteiger partial charge in [0.1, 0.15) is 0 Å². The molecule has 0 bridgehead atoms. The Balaban J connectivity index is 1.80. The predicted octanol–water partition coefficient (Wildman–Crippen LogP) is 2.44. The number of aliphatic hydroxyl groups is 1. The summed E-state index contributed by atoms with van der Waals surface area (Å²) < 4.78 is 0. The molecule has 0 aromatic heterocycles. The number of likely N-dealkylation sites (tertiary alicyclic amines) is 1. The van der Waals surface area contributed by atoms with Crippen molar-refractivity contribution in [3.05, 3.63) is 35.4 Å². The van der Waals surface area contributed by atoms with Crippen LogP contribution in [0.2, 0.25) is 0 Å². The second kappa shape index (κ2) is 9.64. The fourth-order valence-corrected chi connectivity index (χ4v) is 3.16. The summed E-state index contributed by atoms with van der Waals surface area (Å²) in [6.07, 6.45) is 1.98. The van der Waals surface area contributed by atoms with E-state index in [4.69, 9.17) is 0 Å². The monoisotopic (exact) mass is 333 g/mol. The van der Waals surface area contributed by atoms with E-state index < -0.39 is 0 Å². The Labute approximate surface area is 145 Å². The van der Waals surface area contributed by atoms with Gasteiger partial charge in [-0.25, -0.2) is 4.79 Å². The molecule has 0 radical (unpaired) electrons. The van der Waals surface area contributed by atoms with Gasteiger partial charge in [0.25, 0.3) is 0 Å². The van der Waals surface area contributed by atoms with Gasteiger partial charge in [0, 0.05) is 32.8 Å². The van der Waals surface area contributed by atoms with Crippen LogP contribution in [-0.4, -0.2) is 53.7 Å². The molecule has 24 heavy (non-hydrogen) atoms. The van der Waals surface area contributed by atoms with Crippen LogP contribution in [0.4, 0.5) is 4.79 Å². The van der Waals surface area contributed by atoms with Crippen molar-refractivity contribution in [1.82, 2.24) is 15.1 Å². The maximum Gasteiger partial charge on any atom is 0.317 e. The van der Waals surface area contributed by atoms with Crippen LogP contribution in [0.15, 0.2) is 24.3 Å². The number of piperidine rings is 1. The number of urea groups is 1. The third-order valence-electron chi connectivity index (χ3n) is 4.83. The Bertz CT molecular complexity index is 500. The molecule has 0 spiro atoms. The van der Waals surface area contributed by atoms with Gasteiger partial charge in [0.05, 0.1) is 0 Å². The zero-order valence-corrected chi connectivity index (χ0v) is 15.0. The summed E-state index contributed by atoms with van der Waals surface area (Å²) in [7, 11) is 0. The van der Waals surface area contributed by atoms with Gasteiger partial charge >= 0.3 is 6.03 Å². The first-order chi connectivity index (χ1) is 11.7. The van der Waals surface area contributed by atoms with Gasteiger partial charge in [-0.2, -0.15) is 0 Å². The minimum Gasteiger partial charge on any atom is -0.396 e. The summed E-state index contributed by atoms with van der Waals surface area (Å²) in [5.74, 6) is 0.226. The molecule has 1 aliphatic heterocycles. The quantitative estimate of drug-likeness (QED) is 0.806. The molecule has 134 valence electrons. The average molecular weight is 333 g/mol. The molecule has 2 rings (SSSR count). The largest absolute Gasteiger partial charge is 0.396 e. The van der Waals surface area contributed by atoms with Crippen molar-refractivity contribution in [3.8, 4) is 0 Å². The standard InChI is InChI=1S/C19H31N3O2/c1-3-21(4-2)13-17-9-7-16(8-10-17)12-20-19(24)22-11-5-6-18(14-22)15-23/h7-10,18,23H,3-6,11-15H2,1-2H3,(H,20,24). The Hall–Kier alpha value is -1.59. The number of carbonyl (C=O) groups excluding carboxylic acids is 1. The van der Waals surface area contributed by atoms with Crippen LogP contribution in [-0.2, 0) is 13.1 Å². The summed E-state index contributed by atoms with van der Waals surface area (Å²) in [5.41, 5.74) is 2.41. The SMILES string of the molecule is CCN(CC)Cc1ccc(CNC(=O)N2CCCC(CO)C2)cc1. The van der Waals surface area contributed by atoms with Gasteiger partial charge in [-0.1, -0.05) is 38.1 Å². The molecule has 0 saturated carbocycles. The molecule has 1 unspecified atom stereocenters. The highest BCUT2D eigenvalue weighted by Gasteiger charge is 2.22. The summed E-state index contributed by atoms with van der Waals surface area (Å²) >= 11 is 0. The Morgan fingerprint density at radius 3 is 2.54 bits per heavy atom.